The molecular weight excluding hydrogens is 388 g/mol. The van der Waals surface area contributed by atoms with Crippen molar-refractivity contribution in [3.63, 3.8) is 0 Å². The Morgan fingerprint density at radius 1 is 1.26 bits per heavy atom. The van der Waals surface area contributed by atoms with E-state index in [0.717, 1.165) is 35.2 Å². The minimum atomic E-state index is -0.161. The molecule has 6 heteroatoms. The van der Waals surface area contributed by atoms with Gasteiger partial charge >= 0.3 is 0 Å². The summed E-state index contributed by atoms with van der Waals surface area (Å²) in [6, 6.07) is 4.40. The van der Waals surface area contributed by atoms with Crippen molar-refractivity contribution in [2.45, 2.75) is 66.3 Å². The molecule has 3 rings (SSSR count). The van der Waals surface area contributed by atoms with E-state index in [-0.39, 0.29) is 19.3 Å². The minimum absolute atomic E-state index is 0. The van der Waals surface area contributed by atoms with Crippen molar-refractivity contribution in [2.75, 3.05) is 7.05 Å². The highest BCUT2D eigenvalue weighted by atomic mass is 16.1. The predicted octanol–water partition coefficient (Wildman–Crippen LogP) is 4.56. The molecule has 2 heterocycles. The number of allylic oxidation sites excluding steroid dienone is 1. The summed E-state index contributed by atoms with van der Waals surface area (Å²) in [5.41, 5.74) is 5.88. The van der Waals surface area contributed by atoms with E-state index in [4.69, 9.17) is 0 Å². The molecule has 2 aromatic heterocycles. The number of aromatic nitrogens is 2. The summed E-state index contributed by atoms with van der Waals surface area (Å²) >= 11 is 0. The van der Waals surface area contributed by atoms with Crippen LogP contribution in [0.1, 0.15) is 84.9 Å². The van der Waals surface area contributed by atoms with Crippen LogP contribution in [0.25, 0.3) is 6.08 Å². The summed E-state index contributed by atoms with van der Waals surface area (Å²) < 4.78 is 0. The van der Waals surface area contributed by atoms with Crippen LogP contribution in [-0.2, 0) is 4.79 Å². The third-order valence-electron chi connectivity index (χ3n) is 5.02. The van der Waals surface area contributed by atoms with Crippen molar-refractivity contribution < 1.29 is 9.59 Å². The predicted molar refractivity (Wildman–Crippen MR) is 127 cm³/mol. The Labute approximate surface area is 186 Å². The molecule has 168 valence electrons. The molecule has 6 nitrogen and oxygen atoms in total. The molecule has 1 unspecified atom stereocenters. The van der Waals surface area contributed by atoms with Crippen LogP contribution in [0, 0.1) is 13.8 Å². The lowest BCUT2D eigenvalue weighted by Gasteiger charge is -2.19. The number of carbonyl (C=O) groups excluding carboxylic acids is 2. The maximum Gasteiger partial charge on any atom is 0.269 e. The second-order valence-electron chi connectivity index (χ2n) is 7.51. The van der Waals surface area contributed by atoms with Crippen molar-refractivity contribution in [1.29, 1.82) is 0 Å². The van der Waals surface area contributed by atoms with Gasteiger partial charge in [0.1, 0.15) is 5.69 Å². The van der Waals surface area contributed by atoms with Gasteiger partial charge in [-0.3, -0.25) is 14.6 Å². The van der Waals surface area contributed by atoms with E-state index in [1.165, 1.54) is 18.4 Å². The minimum Gasteiger partial charge on any atom is -0.356 e. The molecule has 1 aliphatic rings. The quantitative estimate of drug-likeness (QED) is 0.638. The zero-order valence-electron chi connectivity index (χ0n) is 18.5. The molecule has 1 saturated carbocycles. The monoisotopic (exact) mass is 424 g/mol. The fraction of sp³-hybridized carbons (Fsp3) is 0.440. The van der Waals surface area contributed by atoms with Crippen LogP contribution in [-0.4, -0.2) is 35.4 Å². The van der Waals surface area contributed by atoms with Crippen LogP contribution in [0.15, 0.2) is 30.6 Å². The molecule has 31 heavy (non-hydrogen) atoms. The second-order valence-corrected chi connectivity index (χ2v) is 7.51. The zero-order chi connectivity index (χ0) is 22.1. The van der Waals surface area contributed by atoms with Gasteiger partial charge in [0, 0.05) is 37.1 Å². The molecule has 0 aromatic carbocycles. The number of aryl methyl sites for hydroxylation is 2. The van der Waals surface area contributed by atoms with Crippen LogP contribution in [0.2, 0.25) is 0 Å². The maximum atomic E-state index is 12.0. The van der Waals surface area contributed by atoms with E-state index in [1.807, 2.05) is 38.4 Å². The van der Waals surface area contributed by atoms with E-state index >= 15 is 0 Å². The van der Waals surface area contributed by atoms with Crippen LogP contribution >= 0.6 is 0 Å². The van der Waals surface area contributed by atoms with Crippen molar-refractivity contribution in [3.8, 4) is 0 Å². The van der Waals surface area contributed by atoms with Gasteiger partial charge in [0.15, 0.2) is 0 Å². The molecule has 0 spiro atoms. The Bertz CT molecular complexity index is 904. The van der Waals surface area contributed by atoms with Gasteiger partial charge in [-0.2, -0.15) is 0 Å². The zero-order valence-corrected chi connectivity index (χ0v) is 18.5. The molecule has 1 aliphatic carbocycles. The van der Waals surface area contributed by atoms with Gasteiger partial charge in [-0.05, 0) is 74.4 Å². The Hall–Kier alpha value is -3.02. The number of carbonyl (C=O) groups is 2. The Balaban J connectivity index is 0.000000591. The summed E-state index contributed by atoms with van der Waals surface area (Å²) in [7, 11) is 1.62. The van der Waals surface area contributed by atoms with Crippen LogP contribution < -0.4 is 10.6 Å². The lowest BCUT2D eigenvalue weighted by molar-refractivity contribution is -0.109. The van der Waals surface area contributed by atoms with E-state index < -0.39 is 0 Å². The van der Waals surface area contributed by atoms with Gasteiger partial charge in [-0.25, -0.2) is 4.98 Å². The van der Waals surface area contributed by atoms with E-state index in [9.17, 15) is 9.59 Å². The maximum absolute atomic E-state index is 12.0. The highest BCUT2D eigenvalue weighted by molar-refractivity contribution is 5.92. The lowest BCUT2D eigenvalue weighted by atomic mass is 9.88. The largest absolute Gasteiger partial charge is 0.356 e. The van der Waals surface area contributed by atoms with Gasteiger partial charge in [0.2, 0.25) is 6.41 Å². The highest BCUT2D eigenvalue weighted by Crippen LogP contribution is 2.31. The number of hydrogen-bond acceptors (Lipinski definition) is 4. The van der Waals surface area contributed by atoms with Crippen molar-refractivity contribution in [3.05, 3.63) is 64.2 Å². The van der Waals surface area contributed by atoms with Crippen LogP contribution in [0.3, 0.4) is 0 Å². The first kappa shape index (κ1) is 26.0. The lowest BCUT2D eigenvalue weighted by Crippen LogP contribution is -2.20. The molecule has 2 aromatic rings. The average molecular weight is 425 g/mol. The van der Waals surface area contributed by atoms with Crippen molar-refractivity contribution >= 4 is 18.4 Å². The third kappa shape index (κ3) is 7.31. The molecule has 2 N–H and O–H groups in total. The first-order chi connectivity index (χ1) is 14.4. The van der Waals surface area contributed by atoms with E-state index in [0.29, 0.717) is 11.7 Å². The molecule has 1 atom stereocenters. The van der Waals surface area contributed by atoms with Crippen LogP contribution in [0.4, 0.5) is 0 Å². The summed E-state index contributed by atoms with van der Waals surface area (Å²) in [4.78, 5) is 30.5. The second kappa shape index (κ2) is 12.6. The molecular formula is C25H36N4O2. The Morgan fingerprint density at radius 2 is 1.97 bits per heavy atom. The smallest absolute Gasteiger partial charge is 0.269 e. The molecule has 0 aliphatic heterocycles. The number of nitrogens with one attached hydrogen (secondary N) is 2. The summed E-state index contributed by atoms with van der Waals surface area (Å²) in [5, 5.41) is 5.29. The van der Waals surface area contributed by atoms with Gasteiger partial charge in [0.05, 0.1) is 0 Å². The average Bonchev–Trinajstić information content (AvgIpc) is 3.55. The Kier molecular flexibility index (Phi) is 10.6. The summed E-state index contributed by atoms with van der Waals surface area (Å²) in [5.74, 6) is -0.0576. The van der Waals surface area contributed by atoms with Crippen molar-refractivity contribution in [2.24, 2.45) is 0 Å². The van der Waals surface area contributed by atoms with Crippen molar-refractivity contribution in [1.82, 2.24) is 20.6 Å². The standard InChI is InChI=1S/C20H25N3O.C4H7NO.CH4/c1-6-8-16-14(4)11-22-12-17(16)15(7-2)18-9-13(3)10-19(23-18)20(24)21-5;6-3-5-4-1-2-4;/h6,8-12,15H,7H2,1-5H3,(H,21,24);3-4H,1-2H2,(H,5,6);1H4/b8-6-;;. The van der Waals surface area contributed by atoms with E-state index in [1.54, 1.807) is 7.05 Å². The van der Waals surface area contributed by atoms with E-state index in [2.05, 4.69) is 46.6 Å². The topological polar surface area (TPSA) is 84.0 Å². The number of hydrogen-bond donors (Lipinski definition) is 2. The number of nitrogens with zero attached hydrogens (tertiary/aromatic N) is 2. The number of amides is 2. The SMILES string of the molecule is C.C/C=C\c1c(C)cncc1C(CC)c1cc(C)cc(C(=O)NC)n1.O=CNC1CC1. The number of pyridine rings is 2. The summed E-state index contributed by atoms with van der Waals surface area (Å²) in [6.45, 7) is 8.21. The first-order valence-corrected chi connectivity index (χ1v) is 10.4. The van der Waals surface area contributed by atoms with Gasteiger partial charge < -0.3 is 10.6 Å². The molecule has 1 fully saturated rings. The fourth-order valence-electron chi connectivity index (χ4n) is 3.32. The third-order valence-corrected chi connectivity index (χ3v) is 5.02. The molecule has 0 saturated heterocycles. The first-order valence-electron chi connectivity index (χ1n) is 10.4. The molecule has 2 amide bonds. The fourth-order valence-corrected chi connectivity index (χ4v) is 3.32. The molecule has 0 radical (unpaired) electrons. The van der Waals surface area contributed by atoms with Crippen LogP contribution in [0.5, 0.6) is 0 Å². The summed E-state index contributed by atoms with van der Waals surface area (Å²) in [6.07, 6.45) is 12.0. The Morgan fingerprint density at radius 3 is 2.48 bits per heavy atom. The van der Waals surface area contributed by atoms with Gasteiger partial charge in [-0.15, -0.1) is 0 Å². The molecule has 0 bridgehead atoms. The van der Waals surface area contributed by atoms with Gasteiger partial charge in [-0.1, -0.05) is 26.5 Å². The van der Waals surface area contributed by atoms with Gasteiger partial charge in [0.25, 0.3) is 5.91 Å². The normalized spacial score (nSPS) is 13.5. The highest BCUT2D eigenvalue weighted by Gasteiger charge is 2.20. The number of rotatable bonds is 7.